The van der Waals surface area contributed by atoms with Crippen molar-refractivity contribution in [2.75, 3.05) is 42.7 Å². The first-order valence-electron chi connectivity index (χ1n) is 11.1. The number of methoxy groups -OCH3 is 6. The molecular weight excluding hydrogens is 522 g/mol. The molecule has 3 aromatic rings. The van der Waals surface area contributed by atoms with E-state index in [1.807, 2.05) is 0 Å². The van der Waals surface area contributed by atoms with Crippen LogP contribution in [-0.4, -0.2) is 69.3 Å². The summed E-state index contributed by atoms with van der Waals surface area (Å²) in [4.78, 5) is 35.0. The summed E-state index contributed by atoms with van der Waals surface area (Å²) in [5.74, 6) is 0.0388. The average molecular weight is 545 g/mol. The number of nitrogens with zero attached hydrogens (tertiary/aromatic N) is 3. The van der Waals surface area contributed by atoms with Crippen molar-refractivity contribution in [3.05, 3.63) is 59.0 Å². The SMILES string of the molecule is COc1cc2c3c(c4cc(OC)c(OC)c([N+](=O)[O-])c4c2cc1OC)=C([N+](=O)[O-])C(OC)C(OC)([N+](=O)[O-])C=3. The van der Waals surface area contributed by atoms with E-state index in [9.17, 15) is 30.3 Å². The van der Waals surface area contributed by atoms with Gasteiger partial charge in [-0.25, -0.2) is 0 Å². The number of nitro benzene ring substituents is 1. The van der Waals surface area contributed by atoms with Crippen molar-refractivity contribution in [2.45, 2.75) is 11.8 Å². The highest BCUT2D eigenvalue weighted by atomic mass is 16.7. The Morgan fingerprint density at radius 2 is 1.31 bits per heavy atom. The highest BCUT2D eigenvalue weighted by Gasteiger charge is 2.58. The zero-order chi connectivity index (χ0) is 28.8. The molecule has 1 aliphatic carbocycles. The van der Waals surface area contributed by atoms with Gasteiger partial charge >= 0.3 is 11.4 Å². The van der Waals surface area contributed by atoms with Crippen LogP contribution in [0.2, 0.25) is 0 Å². The Morgan fingerprint density at radius 1 is 0.744 bits per heavy atom. The van der Waals surface area contributed by atoms with Gasteiger partial charge in [0.25, 0.3) is 11.8 Å². The number of ether oxygens (including phenoxy) is 6. The van der Waals surface area contributed by atoms with Crippen LogP contribution >= 0.6 is 0 Å². The van der Waals surface area contributed by atoms with Gasteiger partial charge < -0.3 is 28.4 Å². The summed E-state index contributed by atoms with van der Waals surface area (Å²) in [7, 11) is 7.27. The second-order valence-electron chi connectivity index (χ2n) is 8.30. The highest BCUT2D eigenvalue weighted by molar-refractivity contribution is 6.15. The van der Waals surface area contributed by atoms with Crippen LogP contribution in [0.1, 0.15) is 0 Å². The fourth-order valence-electron chi connectivity index (χ4n) is 5.10. The predicted octanol–water partition coefficient (Wildman–Crippen LogP) is 1.75. The molecule has 206 valence electrons. The van der Waals surface area contributed by atoms with Gasteiger partial charge in [-0.15, -0.1) is 0 Å². The summed E-state index contributed by atoms with van der Waals surface area (Å²) in [6.07, 6.45) is -0.743. The Morgan fingerprint density at radius 3 is 1.74 bits per heavy atom. The molecule has 3 aromatic carbocycles. The van der Waals surface area contributed by atoms with Gasteiger partial charge in [-0.05, 0) is 23.6 Å². The van der Waals surface area contributed by atoms with Gasteiger partial charge in [0.05, 0.1) is 53.8 Å². The molecule has 2 atom stereocenters. The molecule has 0 aliphatic heterocycles. The minimum Gasteiger partial charge on any atom is -0.493 e. The lowest BCUT2D eigenvalue weighted by Crippen LogP contribution is -2.58. The second-order valence-corrected chi connectivity index (χ2v) is 8.30. The Labute approximate surface area is 219 Å². The molecular formula is C24H23N3O12. The molecule has 4 rings (SSSR count). The molecule has 0 amide bonds. The maximum Gasteiger partial charge on any atom is 0.381 e. The average Bonchev–Trinajstić information content (AvgIpc) is 2.93. The minimum absolute atomic E-state index is 0.00137. The summed E-state index contributed by atoms with van der Waals surface area (Å²) >= 11 is 0. The van der Waals surface area contributed by atoms with Crippen LogP contribution in [0.4, 0.5) is 5.69 Å². The molecule has 15 heteroatoms. The number of benzene rings is 3. The normalized spacial score (nSPS) is 18.3. The molecule has 0 radical (unpaired) electrons. The van der Waals surface area contributed by atoms with Crippen LogP contribution in [0.15, 0.2) is 18.2 Å². The zero-order valence-electron chi connectivity index (χ0n) is 21.6. The van der Waals surface area contributed by atoms with Crippen LogP contribution < -0.4 is 29.4 Å². The van der Waals surface area contributed by atoms with Gasteiger partial charge in [0, 0.05) is 36.3 Å². The summed E-state index contributed by atoms with van der Waals surface area (Å²) < 4.78 is 32.0. The number of hydrogen-bond donors (Lipinski definition) is 0. The monoisotopic (exact) mass is 545 g/mol. The van der Waals surface area contributed by atoms with Gasteiger partial charge in [0.1, 0.15) is 0 Å². The van der Waals surface area contributed by atoms with Gasteiger partial charge in [-0.3, -0.25) is 30.3 Å². The predicted molar refractivity (Wildman–Crippen MR) is 136 cm³/mol. The third kappa shape index (κ3) is 3.73. The van der Waals surface area contributed by atoms with E-state index >= 15 is 0 Å². The molecule has 0 fully saturated rings. The third-order valence-electron chi connectivity index (χ3n) is 6.72. The zero-order valence-corrected chi connectivity index (χ0v) is 21.6. The Balaban J connectivity index is 2.56. The van der Waals surface area contributed by atoms with Crippen molar-refractivity contribution in [3.8, 4) is 23.0 Å². The fourth-order valence-corrected chi connectivity index (χ4v) is 5.10. The van der Waals surface area contributed by atoms with E-state index < -0.39 is 38.0 Å². The van der Waals surface area contributed by atoms with Crippen molar-refractivity contribution in [1.29, 1.82) is 0 Å². The Kier molecular flexibility index (Phi) is 6.89. The maximum atomic E-state index is 12.6. The standard InChI is InChI=1S/C24H23N3O12/c1-34-15-7-11-12(8-16(15)35-2)18-13(9-17(36-3)22(37-4)20(18)25(28)29)19-14(11)10-24(39-6,27(32)33)23(38-5)21(19)26(30)31/h7-10,23H,1-6H3. The first kappa shape index (κ1) is 27.3. The molecule has 0 saturated carbocycles. The largest absolute Gasteiger partial charge is 0.493 e. The Hall–Kier alpha value is -4.76. The Bertz CT molecular complexity index is 1690. The van der Waals surface area contributed by atoms with E-state index in [0.717, 1.165) is 20.3 Å². The highest BCUT2D eigenvalue weighted by Crippen LogP contribution is 2.46. The summed E-state index contributed by atoms with van der Waals surface area (Å²) in [6.45, 7) is 0. The van der Waals surface area contributed by atoms with E-state index in [1.165, 1.54) is 46.6 Å². The van der Waals surface area contributed by atoms with Crippen LogP contribution in [0.5, 0.6) is 23.0 Å². The minimum atomic E-state index is -2.51. The van der Waals surface area contributed by atoms with E-state index in [-0.39, 0.29) is 55.0 Å². The van der Waals surface area contributed by atoms with Crippen molar-refractivity contribution in [2.24, 2.45) is 0 Å². The lowest BCUT2D eigenvalue weighted by molar-refractivity contribution is -0.618. The number of hydrogen-bond acceptors (Lipinski definition) is 12. The molecule has 0 heterocycles. The summed E-state index contributed by atoms with van der Waals surface area (Å²) in [6, 6.07) is 4.21. The van der Waals surface area contributed by atoms with Crippen LogP contribution in [0.25, 0.3) is 33.3 Å². The van der Waals surface area contributed by atoms with Crippen molar-refractivity contribution in [1.82, 2.24) is 0 Å². The molecule has 0 aromatic heterocycles. The lowest BCUT2D eigenvalue weighted by atomic mass is 9.87. The quantitative estimate of drug-likeness (QED) is 0.164. The number of fused-ring (bicyclic) bond motifs is 6. The molecule has 0 bridgehead atoms. The van der Waals surface area contributed by atoms with Crippen molar-refractivity contribution >= 4 is 39.0 Å². The second kappa shape index (κ2) is 9.85. The summed E-state index contributed by atoms with van der Waals surface area (Å²) in [5.41, 5.74) is -3.79. The van der Waals surface area contributed by atoms with E-state index in [2.05, 4.69) is 0 Å². The smallest absolute Gasteiger partial charge is 0.381 e. The van der Waals surface area contributed by atoms with E-state index in [0.29, 0.717) is 0 Å². The molecule has 2 unspecified atom stereocenters. The fraction of sp³-hybridized carbons (Fsp3) is 0.333. The van der Waals surface area contributed by atoms with Crippen LogP contribution in [0.3, 0.4) is 0 Å². The lowest BCUT2D eigenvalue weighted by Gasteiger charge is -2.29. The number of nitro groups is 3. The molecule has 1 aliphatic rings. The maximum absolute atomic E-state index is 12.6. The van der Waals surface area contributed by atoms with Gasteiger partial charge in [0.2, 0.25) is 5.75 Å². The van der Waals surface area contributed by atoms with Crippen molar-refractivity contribution in [3.63, 3.8) is 0 Å². The molecule has 15 nitrogen and oxygen atoms in total. The molecule has 0 saturated heterocycles. The van der Waals surface area contributed by atoms with Gasteiger partial charge in [-0.2, -0.15) is 0 Å². The summed E-state index contributed by atoms with van der Waals surface area (Å²) in [5, 5.41) is 37.5. The molecule has 0 spiro atoms. The van der Waals surface area contributed by atoms with E-state index in [4.69, 9.17) is 28.4 Å². The van der Waals surface area contributed by atoms with Gasteiger partial charge in [0.15, 0.2) is 17.2 Å². The van der Waals surface area contributed by atoms with Crippen LogP contribution in [-0.2, 0) is 9.47 Å². The topological polar surface area (TPSA) is 185 Å². The van der Waals surface area contributed by atoms with Crippen molar-refractivity contribution < 1.29 is 43.2 Å². The molecule has 0 N–H and O–H groups in total. The first-order chi connectivity index (χ1) is 18.6. The molecule has 39 heavy (non-hydrogen) atoms. The van der Waals surface area contributed by atoms with E-state index in [1.54, 1.807) is 0 Å². The van der Waals surface area contributed by atoms with Crippen LogP contribution in [0, 0.1) is 30.3 Å². The number of rotatable bonds is 9. The third-order valence-corrected chi connectivity index (χ3v) is 6.72. The van der Waals surface area contributed by atoms with Gasteiger partial charge in [-0.1, -0.05) is 0 Å². The first-order valence-corrected chi connectivity index (χ1v) is 11.1.